The Bertz CT molecular complexity index is 146. The van der Waals surface area contributed by atoms with E-state index in [0.717, 1.165) is 0 Å². The summed E-state index contributed by atoms with van der Waals surface area (Å²) in [7, 11) is 0. The monoisotopic (exact) mass is 173 g/mol. The maximum atomic E-state index is 11.0. The molecule has 71 valence electrons. The van der Waals surface area contributed by atoms with Crippen LogP contribution in [0.2, 0.25) is 0 Å². The minimum absolute atomic E-state index is 0.195. The molecule has 0 aromatic carbocycles. The first-order chi connectivity index (χ1) is 5.35. The number of hydrogen-bond donors (Lipinski definition) is 0. The molecule has 0 heterocycles. The van der Waals surface area contributed by atoms with E-state index in [1.165, 1.54) is 0 Å². The SMILES string of the molecule is C[CH][C@@H](C)OC(=O)OC(C)(C)C. The average molecular weight is 173 g/mol. The van der Waals surface area contributed by atoms with Gasteiger partial charge in [-0.05, 0) is 34.1 Å². The first kappa shape index (κ1) is 11.3. The van der Waals surface area contributed by atoms with Crippen LogP contribution in [0, 0.1) is 6.42 Å². The Labute approximate surface area is 74.0 Å². The van der Waals surface area contributed by atoms with Crippen LogP contribution in [0.5, 0.6) is 0 Å². The normalized spacial score (nSPS) is 13.8. The number of carbonyl (C=O) groups excluding carboxylic acids is 1. The van der Waals surface area contributed by atoms with Gasteiger partial charge in [0.2, 0.25) is 0 Å². The highest BCUT2D eigenvalue weighted by Crippen LogP contribution is 2.09. The minimum Gasteiger partial charge on any atom is -0.431 e. The predicted molar refractivity (Wildman–Crippen MR) is 46.8 cm³/mol. The molecule has 0 unspecified atom stereocenters. The zero-order chi connectivity index (χ0) is 9.78. The fourth-order valence-electron chi connectivity index (χ4n) is 0.494. The third-order valence-electron chi connectivity index (χ3n) is 1.14. The van der Waals surface area contributed by atoms with Gasteiger partial charge in [-0.3, -0.25) is 0 Å². The molecule has 1 radical (unpaired) electrons. The summed E-state index contributed by atoms with van der Waals surface area (Å²) >= 11 is 0. The summed E-state index contributed by atoms with van der Waals surface area (Å²) in [4.78, 5) is 11.0. The van der Waals surface area contributed by atoms with Crippen LogP contribution >= 0.6 is 0 Å². The second kappa shape index (κ2) is 4.33. The molecule has 0 fully saturated rings. The van der Waals surface area contributed by atoms with E-state index in [2.05, 4.69) is 0 Å². The van der Waals surface area contributed by atoms with Crippen molar-refractivity contribution >= 4 is 6.16 Å². The largest absolute Gasteiger partial charge is 0.509 e. The zero-order valence-corrected chi connectivity index (χ0v) is 8.38. The number of hydrogen-bond acceptors (Lipinski definition) is 3. The molecule has 0 rings (SSSR count). The summed E-state index contributed by atoms with van der Waals surface area (Å²) in [5, 5.41) is 0. The highest BCUT2D eigenvalue weighted by atomic mass is 16.7. The second-order valence-electron chi connectivity index (χ2n) is 3.62. The van der Waals surface area contributed by atoms with Gasteiger partial charge in [-0.2, -0.15) is 0 Å². The number of rotatable bonds is 2. The van der Waals surface area contributed by atoms with Gasteiger partial charge < -0.3 is 9.47 Å². The Morgan fingerprint density at radius 2 is 1.92 bits per heavy atom. The molecule has 0 amide bonds. The van der Waals surface area contributed by atoms with Crippen molar-refractivity contribution < 1.29 is 14.3 Å². The molecule has 0 aliphatic carbocycles. The van der Waals surface area contributed by atoms with Gasteiger partial charge in [0.15, 0.2) is 0 Å². The standard InChI is InChI=1S/C9H17O3/c1-6-7(2)11-8(10)12-9(3,4)5/h6-7H,1-5H3/t7-/m1/s1. The topological polar surface area (TPSA) is 35.5 Å². The molecule has 0 bridgehead atoms. The van der Waals surface area contributed by atoms with Crippen LogP contribution in [0.1, 0.15) is 34.6 Å². The highest BCUT2D eigenvalue weighted by Gasteiger charge is 2.18. The summed E-state index contributed by atoms with van der Waals surface area (Å²) in [6.07, 6.45) is 0.970. The van der Waals surface area contributed by atoms with Gasteiger partial charge in [0.1, 0.15) is 11.7 Å². The molecule has 0 aliphatic rings. The molecular formula is C9H17O3. The van der Waals surface area contributed by atoms with Crippen molar-refractivity contribution in [3.63, 3.8) is 0 Å². The summed E-state index contributed by atoms with van der Waals surface area (Å²) in [6.45, 7) is 9.01. The summed E-state index contributed by atoms with van der Waals surface area (Å²) in [5.41, 5.74) is -0.482. The van der Waals surface area contributed by atoms with Crippen molar-refractivity contribution in [1.82, 2.24) is 0 Å². The predicted octanol–water partition coefficient (Wildman–Crippen LogP) is 2.55. The van der Waals surface area contributed by atoms with Gasteiger partial charge in [0, 0.05) is 0 Å². The lowest BCUT2D eigenvalue weighted by Gasteiger charge is -2.20. The van der Waals surface area contributed by atoms with Crippen molar-refractivity contribution in [2.45, 2.75) is 46.3 Å². The van der Waals surface area contributed by atoms with Crippen molar-refractivity contribution in [2.24, 2.45) is 0 Å². The summed E-state index contributed by atoms with van der Waals surface area (Å²) < 4.78 is 9.79. The number of ether oxygens (including phenoxy) is 2. The molecule has 0 saturated heterocycles. The second-order valence-corrected chi connectivity index (χ2v) is 3.62. The quantitative estimate of drug-likeness (QED) is 0.602. The van der Waals surface area contributed by atoms with Crippen molar-refractivity contribution in [3.05, 3.63) is 6.42 Å². The molecule has 0 aliphatic heterocycles. The fraction of sp³-hybridized carbons (Fsp3) is 0.778. The smallest absolute Gasteiger partial charge is 0.431 e. The van der Waals surface area contributed by atoms with Gasteiger partial charge in [-0.1, -0.05) is 6.92 Å². The Morgan fingerprint density at radius 1 is 1.42 bits per heavy atom. The van der Waals surface area contributed by atoms with Gasteiger partial charge >= 0.3 is 6.16 Å². The molecule has 3 nitrogen and oxygen atoms in total. The minimum atomic E-state index is -0.618. The lowest BCUT2D eigenvalue weighted by molar-refractivity contribution is -0.0177. The van der Waals surface area contributed by atoms with Crippen LogP contribution in [0.25, 0.3) is 0 Å². The van der Waals surface area contributed by atoms with Crippen LogP contribution in [0.15, 0.2) is 0 Å². The van der Waals surface area contributed by atoms with Crippen LogP contribution in [-0.4, -0.2) is 17.9 Å². The van der Waals surface area contributed by atoms with Crippen LogP contribution in [0.4, 0.5) is 4.79 Å². The number of carbonyl (C=O) groups is 1. The van der Waals surface area contributed by atoms with E-state index < -0.39 is 11.8 Å². The average Bonchev–Trinajstić information content (AvgIpc) is 1.82. The third kappa shape index (κ3) is 6.01. The molecule has 12 heavy (non-hydrogen) atoms. The van der Waals surface area contributed by atoms with Crippen molar-refractivity contribution in [3.8, 4) is 0 Å². The first-order valence-corrected chi connectivity index (χ1v) is 4.04. The van der Waals surface area contributed by atoms with Gasteiger partial charge in [0.25, 0.3) is 0 Å². The zero-order valence-electron chi connectivity index (χ0n) is 8.38. The van der Waals surface area contributed by atoms with E-state index in [1.54, 1.807) is 34.1 Å². The maximum Gasteiger partial charge on any atom is 0.509 e. The van der Waals surface area contributed by atoms with Crippen LogP contribution < -0.4 is 0 Å². The molecule has 0 N–H and O–H groups in total. The Balaban J connectivity index is 3.75. The van der Waals surface area contributed by atoms with Gasteiger partial charge in [-0.15, -0.1) is 0 Å². The Kier molecular flexibility index (Phi) is 4.07. The summed E-state index contributed by atoms with van der Waals surface area (Å²) in [6, 6.07) is 0. The van der Waals surface area contributed by atoms with Crippen molar-refractivity contribution in [2.75, 3.05) is 0 Å². The van der Waals surface area contributed by atoms with Gasteiger partial charge in [-0.25, -0.2) is 4.79 Å². The maximum absolute atomic E-state index is 11.0. The first-order valence-electron chi connectivity index (χ1n) is 4.04. The Hall–Kier alpha value is -0.730. The van der Waals surface area contributed by atoms with Gasteiger partial charge in [0.05, 0.1) is 0 Å². The summed E-state index contributed by atoms with van der Waals surface area (Å²) in [5.74, 6) is 0. The molecule has 0 spiro atoms. The molecule has 0 aromatic rings. The highest BCUT2D eigenvalue weighted by molar-refractivity contribution is 5.60. The van der Waals surface area contributed by atoms with Crippen LogP contribution in [-0.2, 0) is 9.47 Å². The van der Waals surface area contributed by atoms with E-state index in [4.69, 9.17) is 9.47 Å². The van der Waals surface area contributed by atoms with E-state index in [0.29, 0.717) is 0 Å². The molecule has 1 atom stereocenters. The molecular weight excluding hydrogens is 156 g/mol. The third-order valence-corrected chi connectivity index (χ3v) is 1.14. The fourth-order valence-corrected chi connectivity index (χ4v) is 0.494. The molecule has 3 heteroatoms. The van der Waals surface area contributed by atoms with E-state index in [1.807, 2.05) is 6.92 Å². The van der Waals surface area contributed by atoms with E-state index in [9.17, 15) is 4.79 Å². The lowest BCUT2D eigenvalue weighted by Crippen LogP contribution is -2.26. The molecule has 0 saturated carbocycles. The van der Waals surface area contributed by atoms with E-state index in [-0.39, 0.29) is 6.10 Å². The van der Waals surface area contributed by atoms with Crippen molar-refractivity contribution in [1.29, 1.82) is 0 Å². The Morgan fingerprint density at radius 3 is 2.25 bits per heavy atom. The lowest BCUT2D eigenvalue weighted by atomic mass is 10.2. The van der Waals surface area contributed by atoms with Crippen LogP contribution in [0.3, 0.4) is 0 Å². The van der Waals surface area contributed by atoms with E-state index >= 15 is 0 Å². The molecule has 0 aromatic heterocycles.